The maximum Gasteiger partial charge on any atom is 0.270 e. The Kier molecular flexibility index (Phi) is 8.79. The smallest absolute Gasteiger partial charge is 0.270 e. The number of amides is 1. The Morgan fingerprint density at radius 1 is 1.03 bits per heavy atom. The molecule has 4 rings (SSSR count). The molecular formula is C29H34ClN5O2. The number of hydrogen-bond donors (Lipinski definition) is 1. The van der Waals surface area contributed by atoms with Crippen LogP contribution in [0.5, 0.6) is 5.75 Å². The molecule has 2 heterocycles. The third kappa shape index (κ3) is 6.48. The van der Waals surface area contributed by atoms with Crippen LogP contribution in [0.3, 0.4) is 0 Å². The maximum atomic E-state index is 13.5. The Morgan fingerprint density at radius 2 is 1.68 bits per heavy atom. The number of carbonyl (C=O) groups is 1. The van der Waals surface area contributed by atoms with E-state index in [9.17, 15) is 4.79 Å². The van der Waals surface area contributed by atoms with Gasteiger partial charge in [0.05, 0.1) is 18.5 Å². The number of methoxy groups -OCH3 is 1. The predicted molar refractivity (Wildman–Crippen MR) is 149 cm³/mol. The molecule has 1 unspecified atom stereocenters. The van der Waals surface area contributed by atoms with Gasteiger partial charge >= 0.3 is 0 Å². The van der Waals surface area contributed by atoms with E-state index in [-0.39, 0.29) is 11.9 Å². The third-order valence-electron chi connectivity index (χ3n) is 6.57. The molecule has 194 valence electrons. The summed E-state index contributed by atoms with van der Waals surface area (Å²) in [6.07, 6.45) is 1.92. The van der Waals surface area contributed by atoms with Gasteiger partial charge in [0.2, 0.25) is 0 Å². The molecule has 0 aliphatic carbocycles. The fraction of sp³-hybridized carbons (Fsp3) is 0.345. The van der Waals surface area contributed by atoms with Crippen molar-refractivity contribution in [1.29, 1.82) is 0 Å². The van der Waals surface area contributed by atoms with Crippen molar-refractivity contribution in [3.63, 3.8) is 0 Å². The molecule has 0 bridgehead atoms. The lowest BCUT2D eigenvalue weighted by Gasteiger charge is -2.20. The van der Waals surface area contributed by atoms with Gasteiger partial charge in [0, 0.05) is 28.3 Å². The van der Waals surface area contributed by atoms with Crippen LogP contribution in [0.2, 0.25) is 5.02 Å². The number of ether oxygens (including phenoxy) is 1. The Labute approximate surface area is 223 Å². The number of hydrogen-bond acceptors (Lipinski definition) is 5. The number of carbonyl (C=O) groups excluding carboxylic acids is 1. The van der Waals surface area contributed by atoms with Gasteiger partial charge < -0.3 is 15.0 Å². The lowest BCUT2D eigenvalue weighted by molar-refractivity contribution is 0.0929. The molecule has 8 heteroatoms. The summed E-state index contributed by atoms with van der Waals surface area (Å²) in [7, 11) is 1.63. The van der Waals surface area contributed by atoms with Crippen LogP contribution in [-0.4, -0.2) is 58.2 Å². The van der Waals surface area contributed by atoms with E-state index in [1.54, 1.807) is 17.7 Å². The molecular weight excluding hydrogens is 486 g/mol. The Bertz CT molecular complexity index is 1330. The maximum absolute atomic E-state index is 13.5. The van der Waals surface area contributed by atoms with Crippen LogP contribution < -0.4 is 10.1 Å². The molecule has 2 aromatic heterocycles. The molecule has 0 aliphatic rings. The van der Waals surface area contributed by atoms with Gasteiger partial charge in [-0.25, -0.2) is 9.50 Å². The van der Waals surface area contributed by atoms with Crippen LogP contribution in [0.1, 0.15) is 44.1 Å². The van der Waals surface area contributed by atoms with Crippen LogP contribution in [0.25, 0.3) is 28.2 Å². The first-order chi connectivity index (χ1) is 17.9. The average Bonchev–Trinajstić information content (AvgIpc) is 3.35. The van der Waals surface area contributed by atoms with Crippen molar-refractivity contribution in [1.82, 2.24) is 24.8 Å². The fourth-order valence-corrected chi connectivity index (χ4v) is 4.46. The summed E-state index contributed by atoms with van der Waals surface area (Å²) in [5, 5.41) is 8.56. The standard InChI is InChI=1S/C29H34ClN5O2/c1-5-34(6-2)17-7-8-20(3)31-29(36)27-18-25(21-11-15-24(37-4)16-12-21)32-28-19-26(33-35(27)28)22-9-13-23(30)14-10-22/h9-16,18-20H,5-8,17H2,1-4H3,(H,31,36). The summed E-state index contributed by atoms with van der Waals surface area (Å²) in [6, 6.07) is 18.8. The SMILES string of the molecule is CCN(CC)CCCC(C)NC(=O)c1cc(-c2ccc(OC)cc2)nc2cc(-c3ccc(Cl)cc3)nn12. The summed E-state index contributed by atoms with van der Waals surface area (Å²) in [5.74, 6) is 0.582. The van der Waals surface area contributed by atoms with Crippen molar-refractivity contribution in [2.24, 2.45) is 0 Å². The highest BCUT2D eigenvalue weighted by molar-refractivity contribution is 6.30. The number of nitrogens with one attached hydrogen (secondary N) is 1. The summed E-state index contributed by atoms with van der Waals surface area (Å²) >= 11 is 6.07. The Balaban J connectivity index is 1.65. The first-order valence-corrected chi connectivity index (χ1v) is 13.1. The van der Waals surface area contributed by atoms with Crippen molar-refractivity contribution in [2.75, 3.05) is 26.7 Å². The van der Waals surface area contributed by atoms with Gasteiger partial charge in [-0.05, 0) is 81.9 Å². The van der Waals surface area contributed by atoms with E-state index in [2.05, 4.69) is 24.1 Å². The minimum Gasteiger partial charge on any atom is -0.497 e. The summed E-state index contributed by atoms with van der Waals surface area (Å²) in [5.41, 5.74) is 4.23. The van der Waals surface area contributed by atoms with Gasteiger partial charge in [-0.1, -0.05) is 37.6 Å². The first kappa shape index (κ1) is 26.6. The Hall–Kier alpha value is -3.42. The monoisotopic (exact) mass is 519 g/mol. The second-order valence-corrected chi connectivity index (χ2v) is 9.54. The second-order valence-electron chi connectivity index (χ2n) is 9.11. The van der Waals surface area contributed by atoms with E-state index in [4.69, 9.17) is 26.4 Å². The predicted octanol–water partition coefficient (Wildman–Crippen LogP) is 5.97. The molecule has 0 spiro atoms. The zero-order valence-electron chi connectivity index (χ0n) is 21.9. The second kappa shape index (κ2) is 12.2. The van der Waals surface area contributed by atoms with E-state index in [1.165, 1.54) is 0 Å². The lowest BCUT2D eigenvalue weighted by atomic mass is 10.1. The van der Waals surface area contributed by atoms with Crippen molar-refractivity contribution < 1.29 is 9.53 Å². The lowest BCUT2D eigenvalue weighted by Crippen LogP contribution is -2.35. The van der Waals surface area contributed by atoms with Crippen LogP contribution in [-0.2, 0) is 0 Å². The molecule has 1 amide bonds. The number of nitrogens with zero attached hydrogens (tertiary/aromatic N) is 4. The zero-order valence-corrected chi connectivity index (χ0v) is 22.6. The Morgan fingerprint density at radius 3 is 2.32 bits per heavy atom. The first-order valence-electron chi connectivity index (χ1n) is 12.8. The average molecular weight is 520 g/mol. The normalized spacial score (nSPS) is 12.2. The number of benzene rings is 2. The van der Waals surface area contributed by atoms with Crippen LogP contribution in [0.4, 0.5) is 0 Å². The third-order valence-corrected chi connectivity index (χ3v) is 6.82. The molecule has 1 atom stereocenters. The van der Waals surface area contributed by atoms with E-state index in [0.29, 0.717) is 22.1 Å². The molecule has 7 nitrogen and oxygen atoms in total. The molecule has 0 aliphatic heterocycles. The number of halogens is 1. The van der Waals surface area contributed by atoms with Gasteiger partial charge in [0.15, 0.2) is 5.65 Å². The van der Waals surface area contributed by atoms with E-state index in [1.807, 2.05) is 61.5 Å². The highest BCUT2D eigenvalue weighted by Gasteiger charge is 2.19. The van der Waals surface area contributed by atoms with Gasteiger partial charge in [-0.3, -0.25) is 4.79 Å². The minimum absolute atomic E-state index is 0.0296. The number of fused-ring (bicyclic) bond motifs is 1. The van der Waals surface area contributed by atoms with Crippen molar-refractivity contribution >= 4 is 23.2 Å². The molecule has 2 aromatic carbocycles. The minimum atomic E-state index is -0.178. The largest absolute Gasteiger partial charge is 0.497 e. The van der Waals surface area contributed by atoms with Crippen LogP contribution >= 0.6 is 11.6 Å². The van der Waals surface area contributed by atoms with Crippen molar-refractivity contribution in [3.8, 4) is 28.3 Å². The number of aromatic nitrogens is 3. The van der Waals surface area contributed by atoms with Gasteiger partial charge in [-0.15, -0.1) is 0 Å². The zero-order chi connectivity index (χ0) is 26.4. The molecule has 0 fully saturated rings. The quantitative estimate of drug-likeness (QED) is 0.264. The van der Waals surface area contributed by atoms with Crippen LogP contribution in [0, 0.1) is 0 Å². The van der Waals surface area contributed by atoms with Gasteiger partial charge in [-0.2, -0.15) is 5.10 Å². The van der Waals surface area contributed by atoms with E-state index < -0.39 is 0 Å². The molecule has 1 N–H and O–H groups in total. The molecule has 37 heavy (non-hydrogen) atoms. The van der Waals surface area contributed by atoms with Gasteiger partial charge in [0.1, 0.15) is 11.4 Å². The molecule has 4 aromatic rings. The summed E-state index contributed by atoms with van der Waals surface area (Å²) < 4.78 is 6.91. The number of rotatable bonds is 11. The molecule has 0 saturated carbocycles. The molecule has 0 saturated heterocycles. The van der Waals surface area contributed by atoms with Crippen molar-refractivity contribution in [2.45, 2.75) is 39.7 Å². The van der Waals surface area contributed by atoms with Crippen LogP contribution in [0.15, 0.2) is 60.7 Å². The van der Waals surface area contributed by atoms with Gasteiger partial charge in [0.25, 0.3) is 5.91 Å². The fourth-order valence-electron chi connectivity index (χ4n) is 4.34. The molecule has 0 radical (unpaired) electrons. The van der Waals surface area contributed by atoms with Crippen molar-refractivity contribution in [3.05, 3.63) is 71.4 Å². The van der Waals surface area contributed by atoms with E-state index in [0.717, 1.165) is 55.0 Å². The highest BCUT2D eigenvalue weighted by atomic mass is 35.5. The summed E-state index contributed by atoms with van der Waals surface area (Å²) in [6.45, 7) is 9.49. The van der Waals surface area contributed by atoms with E-state index >= 15 is 0 Å². The highest BCUT2D eigenvalue weighted by Crippen LogP contribution is 2.26. The summed E-state index contributed by atoms with van der Waals surface area (Å²) in [4.78, 5) is 20.7. The topological polar surface area (TPSA) is 71.8 Å².